The van der Waals surface area contributed by atoms with Crippen LogP contribution in [0, 0.1) is 18.3 Å². The maximum Gasteiger partial charge on any atom is 0.202 e. The van der Waals surface area contributed by atoms with E-state index >= 15 is 0 Å². The monoisotopic (exact) mass is 203 g/mol. The van der Waals surface area contributed by atoms with Crippen molar-refractivity contribution in [1.82, 2.24) is 4.67 Å². The zero-order chi connectivity index (χ0) is 9.19. The molecule has 0 aromatic carbocycles. The fraction of sp³-hybridized carbons (Fsp3) is 0.750. The third kappa shape index (κ3) is 2.07. The van der Waals surface area contributed by atoms with Gasteiger partial charge in [0.1, 0.15) is 0 Å². The first-order valence-electron chi connectivity index (χ1n) is 3.96. The molecular formula is C8H14NOPS. The van der Waals surface area contributed by atoms with Crippen LogP contribution in [-0.2, 0) is 4.57 Å². The molecule has 2 atom stereocenters. The van der Waals surface area contributed by atoms with Crippen LogP contribution in [0.5, 0.6) is 0 Å². The lowest BCUT2D eigenvalue weighted by Crippen LogP contribution is -2.17. The Bertz CT molecular complexity index is 234. The van der Waals surface area contributed by atoms with Crippen molar-refractivity contribution in [2.24, 2.45) is 5.92 Å². The lowest BCUT2D eigenvalue weighted by atomic mass is 10.1. The number of hydrogen-bond acceptors (Lipinski definition) is 2. The normalized spacial score (nSPS) is 36.3. The van der Waals surface area contributed by atoms with Gasteiger partial charge in [0.25, 0.3) is 0 Å². The molecule has 68 valence electrons. The number of hydrogen-bond donors (Lipinski definition) is 0. The Hall–Kier alpha value is 0.100. The van der Waals surface area contributed by atoms with E-state index in [0.29, 0.717) is 5.92 Å². The second-order valence-electron chi connectivity index (χ2n) is 3.16. The molecule has 4 heteroatoms. The first kappa shape index (κ1) is 10.2. The summed E-state index contributed by atoms with van der Waals surface area (Å²) in [6.45, 7) is -2.08. The molecular weight excluding hydrogens is 189 g/mol. The molecule has 2 nitrogen and oxygen atoms in total. The maximum atomic E-state index is 12.0. The molecule has 0 spiro atoms. The topological polar surface area (TPSA) is 20.3 Å². The van der Waals surface area contributed by atoms with E-state index < -0.39 is 6.49 Å². The highest BCUT2D eigenvalue weighted by molar-refractivity contribution is 8.57. The number of terminal acetylenes is 1. The van der Waals surface area contributed by atoms with Gasteiger partial charge in [-0.1, -0.05) is 11.4 Å². The molecule has 0 aliphatic carbocycles. The van der Waals surface area contributed by atoms with Crippen LogP contribution in [0.2, 0.25) is 0 Å². The minimum atomic E-state index is -2.08. The minimum Gasteiger partial charge on any atom is -0.295 e. The highest BCUT2D eigenvalue weighted by Gasteiger charge is 2.31. The van der Waals surface area contributed by atoms with Gasteiger partial charge in [0.05, 0.1) is 0 Å². The quantitative estimate of drug-likeness (QED) is 0.481. The Labute approximate surface area is 78.3 Å². The molecule has 0 saturated carbocycles. The van der Waals surface area contributed by atoms with E-state index in [-0.39, 0.29) is 0 Å². The van der Waals surface area contributed by atoms with E-state index in [4.69, 9.17) is 6.42 Å². The Morgan fingerprint density at radius 3 is 2.67 bits per heavy atom. The average molecular weight is 203 g/mol. The average Bonchev–Trinajstić information content (AvgIpc) is 2.06. The van der Waals surface area contributed by atoms with E-state index in [0.717, 1.165) is 18.3 Å². The summed E-state index contributed by atoms with van der Waals surface area (Å²) in [6, 6.07) is 0. The van der Waals surface area contributed by atoms with Crippen molar-refractivity contribution in [2.45, 2.75) is 6.42 Å². The molecule has 0 bridgehead atoms. The fourth-order valence-corrected chi connectivity index (χ4v) is 5.83. The highest BCUT2D eigenvalue weighted by Crippen LogP contribution is 2.63. The van der Waals surface area contributed by atoms with E-state index in [2.05, 4.69) is 5.92 Å². The second-order valence-corrected chi connectivity index (χ2v) is 8.76. The fourth-order valence-electron chi connectivity index (χ4n) is 1.12. The van der Waals surface area contributed by atoms with Gasteiger partial charge in [0.2, 0.25) is 6.49 Å². The first-order valence-corrected chi connectivity index (χ1v) is 7.39. The van der Waals surface area contributed by atoms with Crippen LogP contribution in [0.25, 0.3) is 0 Å². The SMILES string of the molecule is C#CC1CCP(=O)(N(C)C)SC1. The molecule has 0 N–H and O–H groups in total. The van der Waals surface area contributed by atoms with E-state index in [1.807, 2.05) is 18.8 Å². The van der Waals surface area contributed by atoms with Crippen molar-refractivity contribution in [3.8, 4) is 12.3 Å². The minimum absolute atomic E-state index is 0.331. The first-order chi connectivity index (χ1) is 5.58. The standard InChI is InChI=1S/C8H14NOPS/c1-4-8-5-6-11(10,9(2)3)12-7-8/h1,8H,5-7H2,2-3H3. The van der Waals surface area contributed by atoms with Crippen LogP contribution in [-0.4, -0.2) is 30.7 Å². The van der Waals surface area contributed by atoms with E-state index in [1.165, 1.54) is 0 Å². The second kappa shape index (κ2) is 3.87. The molecule has 1 rings (SSSR count). The van der Waals surface area contributed by atoms with Gasteiger partial charge in [-0.25, -0.2) is 0 Å². The summed E-state index contributed by atoms with van der Waals surface area (Å²) in [5.41, 5.74) is 0. The summed E-state index contributed by atoms with van der Waals surface area (Å²) in [7, 11) is 3.76. The van der Waals surface area contributed by atoms with E-state index in [1.54, 1.807) is 11.4 Å². The summed E-state index contributed by atoms with van der Waals surface area (Å²) in [5, 5.41) is 0. The van der Waals surface area contributed by atoms with Crippen LogP contribution in [0.15, 0.2) is 0 Å². The van der Waals surface area contributed by atoms with Crippen molar-refractivity contribution in [1.29, 1.82) is 0 Å². The van der Waals surface area contributed by atoms with Crippen molar-refractivity contribution >= 4 is 17.9 Å². The molecule has 1 fully saturated rings. The summed E-state index contributed by atoms with van der Waals surface area (Å²) in [4.78, 5) is 0. The predicted octanol–water partition coefficient (Wildman–Crippen LogP) is 2.13. The molecule has 1 aliphatic heterocycles. The van der Waals surface area contributed by atoms with Crippen LogP contribution < -0.4 is 0 Å². The lowest BCUT2D eigenvalue weighted by Gasteiger charge is -2.29. The van der Waals surface area contributed by atoms with Crippen molar-refractivity contribution < 1.29 is 4.57 Å². The highest BCUT2D eigenvalue weighted by atomic mass is 32.7. The molecule has 1 aliphatic rings. The van der Waals surface area contributed by atoms with Crippen molar-refractivity contribution in [2.75, 3.05) is 26.0 Å². The largest absolute Gasteiger partial charge is 0.295 e. The molecule has 2 unspecified atom stereocenters. The van der Waals surface area contributed by atoms with Crippen LogP contribution in [0.1, 0.15) is 6.42 Å². The van der Waals surface area contributed by atoms with Gasteiger partial charge in [0, 0.05) is 17.8 Å². The van der Waals surface area contributed by atoms with Gasteiger partial charge in [-0.05, 0) is 20.5 Å². The number of nitrogens with zero attached hydrogens (tertiary/aromatic N) is 1. The molecule has 0 radical (unpaired) electrons. The smallest absolute Gasteiger partial charge is 0.202 e. The van der Waals surface area contributed by atoms with Gasteiger partial charge >= 0.3 is 0 Å². The molecule has 1 saturated heterocycles. The zero-order valence-electron chi connectivity index (χ0n) is 7.49. The van der Waals surface area contributed by atoms with Gasteiger partial charge in [-0.2, -0.15) is 0 Å². The van der Waals surface area contributed by atoms with Gasteiger partial charge in [0.15, 0.2) is 0 Å². The predicted molar refractivity (Wildman–Crippen MR) is 55.6 cm³/mol. The van der Waals surface area contributed by atoms with Crippen molar-refractivity contribution in [3.63, 3.8) is 0 Å². The molecule has 12 heavy (non-hydrogen) atoms. The summed E-state index contributed by atoms with van der Waals surface area (Å²) >= 11 is 1.55. The summed E-state index contributed by atoms with van der Waals surface area (Å²) in [5.74, 6) is 3.90. The van der Waals surface area contributed by atoms with Crippen molar-refractivity contribution in [3.05, 3.63) is 0 Å². The third-order valence-corrected chi connectivity index (χ3v) is 8.26. The molecule has 1 heterocycles. The third-order valence-electron chi connectivity index (χ3n) is 2.08. The lowest BCUT2D eigenvalue weighted by molar-refractivity contribution is 0.522. The Morgan fingerprint density at radius 1 is 1.67 bits per heavy atom. The Balaban J connectivity index is 2.57. The Kier molecular flexibility index (Phi) is 3.29. The number of rotatable bonds is 1. The van der Waals surface area contributed by atoms with E-state index in [9.17, 15) is 4.57 Å². The van der Waals surface area contributed by atoms with Gasteiger partial charge in [-0.15, -0.1) is 12.3 Å². The molecule has 0 aromatic rings. The van der Waals surface area contributed by atoms with Gasteiger partial charge < -0.3 is 0 Å². The zero-order valence-corrected chi connectivity index (χ0v) is 9.20. The summed E-state index contributed by atoms with van der Waals surface area (Å²) < 4.78 is 13.9. The Morgan fingerprint density at radius 2 is 2.33 bits per heavy atom. The summed E-state index contributed by atoms with van der Waals surface area (Å²) in [6.07, 6.45) is 6.98. The van der Waals surface area contributed by atoms with Crippen LogP contribution in [0.4, 0.5) is 0 Å². The van der Waals surface area contributed by atoms with Crippen LogP contribution >= 0.6 is 17.9 Å². The van der Waals surface area contributed by atoms with Crippen LogP contribution in [0.3, 0.4) is 0 Å². The molecule has 0 aromatic heterocycles. The molecule has 0 amide bonds. The maximum absolute atomic E-state index is 12.0. The van der Waals surface area contributed by atoms with Gasteiger partial charge in [-0.3, -0.25) is 9.24 Å².